The van der Waals surface area contributed by atoms with Gasteiger partial charge in [-0.25, -0.2) is 9.59 Å². The first-order valence-electron chi connectivity index (χ1n) is 7.91. The fourth-order valence-electron chi connectivity index (χ4n) is 2.14. The van der Waals surface area contributed by atoms with Crippen molar-refractivity contribution < 1.29 is 19.2 Å². The van der Waals surface area contributed by atoms with Gasteiger partial charge in [0.2, 0.25) is 0 Å². The first-order valence-corrected chi connectivity index (χ1v) is 7.91. The van der Waals surface area contributed by atoms with E-state index in [1.165, 1.54) is 0 Å². The minimum Gasteiger partial charge on any atom is -0.400 e. The molecule has 128 valence electrons. The van der Waals surface area contributed by atoms with Crippen molar-refractivity contribution in [3.05, 3.63) is 108 Å². The molecule has 3 aromatic rings. The molecule has 3 aromatic carbocycles. The van der Waals surface area contributed by atoms with E-state index in [1.807, 2.05) is 6.07 Å². The largest absolute Gasteiger partial charge is 0.400 e. The van der Waals surface area contributed by atoms with Crippen molar-refractivity contribution in [1.29, 1.82) is 0 Å². The molecule has 0 aliphatic heterocycles. The summed E-state index contributed by atoms with van der Waals surface area (Å²) in [7, 11) is 0. The summed E-state index contributed by atoms with van der Waals surface area (Å²) in [4.78, 5) is 29.3. The van der Waals surface area contributed by atoms with Crippen LogP contribution in [0.1, 0.15) is 26.3 Å². The minimum atomic E-state index is -0.644. The van der Waals surface area contributed by atoms with Crippen LogP contribution in [-0.4, -0.2) is 17.8 Å². The number of rotatable bonds is 4. The summed E-state index contributed by atoms with van der Waals surface area (Å²) in [6, 6.07) is 25.7. The molecule has 0 radical (unpaired) electrons. The monoisotopic (exact) mass is 345 g/mol. The number of oxime groups is 1. The second-order valence-electron chi connectivity index (χ2n) is 5.26. The molecular weight excluding hydrogens is 330 g/mol. The Balaban J connectivity index is 1.82. The molecule has 5 nitrogen and oxygen atoms in total. The molecule has 0 aliphatic rings. The molecule has 0 aromatic heterocycles. The average Bonchev–Trinajstić information content (AvgIpc) is 2.72. The van der Waals surface area contributed by atoms with Gasteiger partial charge in [0.15, 0.2) is 0 Å². The fraction of sp³-hybridized carbons (Fsp3) is 0. The maximum absolute atomic E-state index is 12.3. The van der Waals surface area contributed by atoms with Crippen LogP contribution in [0.15, 0.2) is 96.2 Å². The Kier molecular flexibility index (Phi) is 5.52. The van der Waals surface area contributed by atoms with Gasteiger partial charge in [0, 0.05) is 5.56 Å². The Morgan fingerprint density at radius 2 is 1.00 bits per heavy atom. The fourth-order valence-corrected chi connectivity index (χ4v) is 2.14. The quantitative estimate of drug-likeness (QED) is 0.235. The van der Waals surface area contributed by atoms with E-state index < -0.39 is 11.9 Å². The smallest absolute Gasteiger partial charge is 0.365 e. The van der Waals surface area contributed by atoms with Crippen molar-refractivity contribution in [3.8, 4) is 0 Å². The molecule has 0 saturated carbocycles. The molecule has 0 bridgehead atoms. The highest BCUT2D eigenvalue weighted by atomic mass is 16.7. The summed E-state index contributed by atoms with van der Waals surface area (Å²) < 4.78 is 5.34. The van der Waals surface area contributed by atoms with E-state index in [1.54, 1.807) is 84.9 Å². The standard InChI is InChI=1S/C21H15NO4/c23-20(17-12-6-2-7-13-17)25-19(16-10-4-1-5-11-16)22-26-21(24)18-14-8-3-9-15-18/h1-15H/b22-19+. The van der Waals surface area contributed by atoms with Gasteiger partial charge < -0.3 is 9.57 Å². The lowest BCUT2D eigenvalue weighted by atomic mass is 10.2. The topological polar surface area (TPSA) is 65.0 Å². The van der Waals surface area contributed by atoms with Crippen LogP contribution in [0.5, 0.6) is 0 Å². The van der Waals surface area contributed by atoms with Crippen LogP contribution >= 0.6 is 0 Å². The van der Waals surface area contributed by atoms with Crippen molar-refractivity contribution in [2.75, 3.05) is 0 Å². The molecule has 0 atom stereocenters. The second kappa shape index (κ2) is 8.39. The van der Waals surface area contributed by atoms with E-state index in [9.17, 15) is 9.59 Å². The maximum Gasteiger partial charge on any atom is 0.365 e. The third kappa shape index (κ3) is 4.42. The van der Waals surface area contributed by atoms with Crippen LogP contribution in [0, 0.1) is 0 Å². The number of esters is 1. The van der Waals surface area contributed by atoms with Crippen LogP contribution < -0.4 is 0 Å². The van der Waals surface area contributed by atoms with E-state index in [-0.39, 0.29) is 5.90 Å². The predicted molar refractivity (Wildman–Crippen MR) is 96.7 cm³/mol. The number of nitrogens with zero attached hydrogens (tertiary/aromatic N) is 1. The Morgan fingerprint density at radius 3 is 1.50 bits per heavy atom. The summed E-state index contributed by atoms with van der Waals surface area (Å²) in [5.74, 6) is -1.33. The van der Waals surface area contributed by atoms with E-state index in [0.29, 0.717) is 16.7 Å². The summed E-state index contributed by atoms with van der Waals surface area (Å²) in [6.07, 6.45) is 0. The molecule has 0 aliphatic carbocycles. The van der Waals surface area contributed by atoms with Gasteiger partial charge >= 0.3 is 11.9 Å². The molecule has 0 heterocycles. The van der Waals surface area contributed by atoms with E-state index in [4.69, 9.17) is 9.57 Å². The molecule has 0 saturated heterocycles. The normalized spacial score (nSPS) is 10.8. The van der Waals surface area contributed by atoms with Crippen molar-refractivity contribution in [2.45, 2.75) is 0 Å². The van der Waals surface area contributed by atoms with Gasteiger partial charge in [-0.15, -0.1) is 0 Å². The number of ether oxygens (including phenoxy) is 1. The van der Waals surface area contributed by atoms with Crippen LogP contribution in [0.2, 0.25) is 0 Å². The molecule has 0 unspecified atom stereocenters. The highest BCUT2D eigenvalue weighted by molar-refractivity contribution is 6.05. The molecule has 26 heavy (non-hydrogen) atoms. The Labute approximate surface area is 150 Å². The van der Waals surface area contributed by atoms with Gasteiger partial charge in [0.05, 0.1) is 11.1 Å². The number of benzene rings is 3. The van der Waals surface area contributed by atoms with Crippen LogP contribution in [-0.2, 0) is 9.57 Å². The molecule has 5 heteroatoms. The van der Waals surface area contributed by atoms with Gasteiger partial charge in [-0.05, 0) is 41.6 Å². The van der Waals surface area contributed by atoms with E-state index in [2.05, 4.69) is 5.16 Å². The summed E-state index contributed by atoms with van der Waals surface area (Å²) in [5.41, 5.74) is 1.22. The van der Waals surface area contributed by atoms with Crippen molar-refractivity contribution in [2.24, 2.45) is 5.16 Å². The van der Waals surface area contributed by atoms with Crippen molar-refractivity contribution >= 4 is 17.8 Å². The molecule has 0 amide bonds. The summed E-state index contributed by atoms with van der Waals surface area (Å²) in [5, 5.41) is 3.76. The third-order valence-corrected chi connectivity index (χ3v) is 3.44. The number of hydrogen-bond acceptors (Lipinski definition) is 5. The Morgan fingerprint density at radius 1 is 0.577 bits per heavy atom. The van der Waals surface area contributed by atoms with Gasteiger partial charge in [0.25, 0.3) is 5.90 Å². The third-order valence-electron chi connectivity index (χ3n) is 3.44. The number of carbonyl (C=O) groups excluding carboxylic acids is 2. The van der Waals surface area contributed by atoms with Crippen molar-refractivity contribution in [3.63, 3.8) is 0 Å². The molecular formula is C21H15NO4. The van der Waals surface area contributed by atoms with Crippen LogP contribution in [0.3, 0.4) is 0 Å². The molecule has 3 rings (SSSR count). The zero-order valence-electron chi connectivity index (χ0n) is 13.7. The van der Waals surface area contributed by atoms with Crippen LogP contribution in [0.4, 0.5) is 0 Å². The number of hydrogen-bond donors (Lipinski definition) is 0. The van der Waals surface area contributed by atoms with Crippen LogP contribution in [0.25, 0.3) is 0 Å². The maximum atomic E-state index is 12.3. The van der Waals surface area contributed by atoms with Gasteiger partial charge in [-0.2, -0.15) is 0 Å². The molecule has 0 spiro atoms. The SMILES string of the molecule is O=C(O/N=C(/OC(=O)c1ccccc1)c1ccccc1)c1ccccc1. The lowest BCUT2D eigenvalue weighted by Gasteiger charge is -2.07. The minimum absolute atomic E-state index is 0.0938. The first-order chi connectivity index (χ1) is 12.7. The lowest BCUT2D eigenvalue weighted by Crippen LogP contribution is -2.15. The highest BCUT2D eigenvalue weighted by Crippen LogP contribution is 2.09. The Bertz CT molecular complexity index is 907. The summed E-state index contributed by atoms with van der Waals surface area (Å²) in [6.45, 7) is 0. The summed E-state index contributed by atoms with van der Waals surface area (Å²) >= 11 is 0. The zero-order valence-corrected chi connectivity index (χ0v) is 13.7. The van der Waals surface area contributed by atoms with Gasteiger partial charge in [-0.3, -0.25) is 0 Å². The Hall–Kier alpha value is -3.73. The number of carbonyl (C=O) groups is 2. The second-order valence-corrected chi connectivity index (χ2v) is 5.26. The molecule has 0 N–H and O–H groups in total. The van der Waals surface area contributed by atoms with E-state index >= 15 is 0 Å². The molecule has 0 fully saturated rings. The average molecular weight is 345 g/mol. The van der Waals surface area contributed by atoms with Gasteiger partial charge in [0.1, 0.15) is 0 Å². The lowest BCUT2D eigenvalue weighted by molar-refractivity contribution is 0.0488. The highest BCUT2D eigenvalue weighted by Gasteiger charge is 2.15. The van der Waals surface area contributed by atoms with E-state index in [0.717, 1.165) is 0 Å². The first kappa shape index (κ1) is 17.1. The van der Waals surface area contributed by atoms with Crippen molar-refractivity contribution in [1.82, 2.24) is 0 Å². The van der Waals surface area contributed by atoms with Gasteiger partial charge in [-0.1, -0.05) is 54.6 Å². The predicted octanol–water partition coefficient (Wildman–Crippen LogP) is 4.06. The zero-order chi connectivity index (χ0) is 18.2.